The average Bonchev–Trinajstić information content (AvgIpc) is 2.54. The van der Waals surface area contributed by atoms with Crippen molar-refractivity contribution in [2.45, 2.75) is 12.8 Å². The minimum Gasteiger partial charge on any atom is -0.463 e. The summed E-state index contributed by atoms with van der Waals surface area (Å²) in [4.78, 5) is 27.3. The summed E-state index contributed by atoms with van der Waals surface area (Å²) in [5.41, 5.74) is 6.41. The van der Waals surface area contributed by atoms with Gasteiger partial charge in [-0.2, -0.15) is 0 Å². The first-order chi connectivity index (χ1) is 11.5. The highest BCUT2D eigenvalue weighted by Gasteiger charge is 2.37. The fourth-order valence-corrected chi connectivity index (χ4v) is 2.86. The highest BCUT2D eigenvalue weighted by atomic mass is 19.1. The first kappa shape index (κ1) is 15.8. The molecule has 0 spiro atoms. The number of ether oxygens (including phenoxy) is 1. The van der Waals surface area contributed by atoms with Crippen LogP contribution in [0.1, 0.15) is 24.0 Å². The summed E-state index contributed by atoms with van der Waals surface area (Å²) in [6.07, 6.45) is 1.45. The summed E-state index contributed by atoms with van der Waals surface area (Å²) in [5.74, 6) is -2.14. The maximum Gasteiger partial charge on any atom is 0.338 e. The van der Waals surface area contributed by atoms with Gasteiger partial charge in [0, 0.05) is 11.8 Å². The van der Waals surface area contributed by atoms with Crippen LogP contribution in [0.15, 0.2) is 52.7 Å². The van der Waals surface area contributed by atoms with E-state index in [4.69, 9.17) is 10.5 Å². The summed E-state index contributed by atoms with van der Waals surface area (Å²) in [6.45, 7) is 1.79. The number of rotatable bonds is 3. The van der Waals surface area contributed by atoms with Crippen LogP contribution < -0.4 is 16.6 Å². The summed E-state index contributed by atoms with van der Waals surface area (Å²) in [5, 5.41) is 2.82. The second-order valence-corrected chi connectivity index (χ2v) is 5.26. The molecule has 4 N–H and O–H groups in total. The number of esters is 1. The molecule has 0 radical (unpaired) electrons. The Morgan fingerprint density at radius 2 is 2.08 bits per heavy atom. The van der Waals surface area contributed by atoms with Crippen LogP contribution in [-0.4, -0.2) is 17.6 Å². The lowest BCUT2D eigenvalue weighted by Gasteiger charge is -2.28. The Morgan fingerprint density at radius 1 is 1.33 bits per heavy atom. The molecular formula is C17H16FN3O3. The monoisotopic (exact) mass is 329 g/mol. The van der Waals surface area contributed by atoms with Crippen LogP contribution >= 0.6 is 0 Å². The number of carbonyl (C=O) groups excluding carboxylic acids is 1. The van der Waals surface area contributed by atoms with Crippen LogP contribution in [0.2, 0.25) is 0 Å². The second kappa shape index (κ2) is 6.19. The summed E-state index contributed by atoms with van der Waals surface area (Å²) in [6, 6.07) is 7.57. The number of pyridine rings is 1. The highest BCUT2D eigenvalue weighted by molar-refractivity contribution is 5.94. The number of hydrogen-bond acceptors (Lipinski definition) is 5. The van der Waals surface area contributed by atoms with Gasteiger partial charge in [0.15, 0.2) is 0 Å². The highest BCUT2D eigenvalue weighted by Crippen LogP contribution is 2.39. The summed E-state index contributed by atoms with van der Waals surface area (Å²) >= 11 is 0. The molecule has 1 unspecified atom stereocenters. The Balaban J connectivity index is 2.29. The third-order valence-electron chi connectivity index (χ3n) is 3.85. The molecule has 0 bridgehead atoms. The fourth-order valence-electron chi connectivity index (χ4n) is 2.86. The molecule has 1 aromatic carbocycles. The first-order valence-electron chi connectivity index (χ1n) is 7.44. The van der Waals surface area contributed by atoms with Gasteiger partial charge in [-0.15, -0.1) is 0 Å². The van der Waals surface area contributed by atoms with E-state index in [1.165, 1.54) is 24.4 Å². The number of aromatic nitrogens is 1. The number of H-pyrrole nitrogens is 1. The lowest BCUT2D eigenvalue weighted by molar-refractivity contribution is -0.138. The molecule has 1 aliphatic heterocycles. The van der Waals surface area contributed by atoms with Gasteiger partial charge in [-0.3, -0.25) is 4.79 Å². The zero-order chi connectivity index (χ0) is 17.3. The zero-order valence-corrected chi connectivity index (χ0v) is 12.9. The Labute approximate surface area is 137 Å². The molecule has 0 amide bonds. The molecule has 7 heteroatoms. The van der Waals surface area contributed by atoms with Crippen molar-refractivity contribution in [2.24, 2.45) is 5.73 Å². The van der Waals surface area contributed by atoms with Gasteiger partial charge in [-0.25, -0.2) is 9.18 Å². The Morgan fingerprint density at radius 3 is 2.79 bits per heavy atom. The molecule has 2 aromatic rings. The van der Waals surface area contributed by atoms with Gasteiger partial charge >= 0.3 is 5.97 Å². The van der Waals surface area contributed by atoms with Crippen molar-refractivity contribution in [3.05, 3.63) is 75.2 Å². The van der Waals surface area contributed by atoms with Gasteiger partial charge < -0.3 is 20.8 Å². The second-order valence-electron chi connectivity index (χ2n) is 5.26. The summed E-state index contributed by atoms with van der Waals surface area (Å²) in [7, 11) is 0. The number of benzene rings is 1. The number of anilines is 1. The van der Waals surface area contributed by atoms with Crippen molar-refractivity contribution >= 4 is 11.7 Å². The third kappa shape index (κ3) is 2.54. The average molecular weight is 329 g/mol. The molecule has 1 aliphatic rings. The minimum atomic E-state index is -0.952. The molecule has 6 nitrogen and oxygen atoms in total. The van der Waals surface area contributed by atoms with Crippen molar-refractivity contribution in [1.29, 1.82) is 0 Å². The molecule has 0 aliphatic carbocycles. The van der Waals surface area contributed by atoms with Gasteiger partial charge in [0.1, 0.15) is 11.6 Å². The van der Waals surface area contributed by atoms with Crippen LogP contribution in [0.3, 0.4) is 0 Å². The zero-order valence-electron chi connectivity index (χ0n) is 12.9. The Bertz CT molecular complexity index is 889. The van der Waals surface area contributed by atoms with Crippen LogP contribution in [0.5, 0.6) is 0 Å². The van der Waals surface area contributed by atoms with E-state index in [0.717, 1.165) is 0 Å². The van der Waals surface area contributed by atoms with E-state index in [1.807, 2.05) is 0 Å². The minimum absolute atomic E-state index is 0.0196. The van der Waals surface area contributed by atoms with E-state index in [-0.39, 0.29) is 29.1 Å². The van der Waals surface area contributed by atoms with Gasteiger partial charge in [0.2, 0.25) is 0 Å². The maximum atomic E-state index is 14.4. The number of halogens is 1. The van der Waals surface area contributed by atoms with Crippen LogP contribution in [0, 0.1) is 5.82 Å². The van der Waals surface area contributed by atoms with E-state index >= 15 is 0 Å². The van der Waals surface area contributed by atoms with Gasteiger partial charge in [0.05, 0.1) is 29.3 Å². The Kier molecular flexibility index (Phi) is 4.07. The number of aromatic amines is 1. The molecule has 2 heterocycles. The molecular weight excluding hydrogens is 313 g/mol. The normalized spacial score (nSPS) is 16.3. The lowest BCUT2D eigenvalue weighted by atomic mass is 9.82. The van der Waals surface area contributed by atoms with Gasteiger partial charge in [-0.05, 0) is 19.1 Å². The van der Waals surface area contributed by atoms with E-state index in [9.17, 15) is 14.0 Å². The van der Waals surface area contributed by atoms with E-state index < -0.39 is 23.3 Å². The molecule has 3 rings (SSSR count). The van der Waals surface area contributed by atoms with Crippen LogP contribution in [-0.2, 0) is 9.53 Å². The van der Waals surface area contributed by atoms with Crippen molar-refractivity contribution < 1.29 is 13.9 Å². The molecule has 1 atom stereocenters. The van der Waals surface area contributed by atoms with E-state index in [2.05, 4.69) is 10.3 Å². The molecule has 1 aromatic heterocycles. The van der Waals surface area contributed by atoms with E-state index in [1.54, 1.807) is 19.1 Å². The quantitative estimate of drug-likeness (QED) is 0.746. The maximum absolute atomic E-state index is 14.4. The summed E-state index contributed by atoms with van der Waals surface area (Å²) < 4.78 is 19.4. The molecule has 0 fully saturated rings. The third-order valence-corrected chi connectivity index (χ3v) is 3.85. The number of fused-ring (bicyclic) bond motifs is 1. The van der Waals surface area contributed by atoms with Gasteiger partial charge in [-0.1, -0.05) is 18.2 Å². The number of nitrogens with one attached hydrogen (secondary N) is 2. The number of carbonyl (C=O) groups is 1. The smallest absolute Gasteiger partial charge is 0.338 e. The van der Waals surface area contributed by atoms with E-state index in [0.29, 0.717) is 5.69 Å². The predicted molar refractivity (Wildman–Crippen MR) is 86.8 cm³/mol. The fraction of sp³-hybridized carbons (Fsp3) is 0.176. The number of nitrogens with two attached hydrogens (primary N) is 1. The standard InChI is InChI=1S/C17H16FN3O3/c1-2-24-17(23)14-12(9-5-3-4-6-10(9)18)13-11(21-15(14)19)7-8-20-16(13)22/h3-8,12,21H,2,19H2,1H3,(H,20,22). The predicted octanol–water partition coefficient (Wildman–Crippen LogP) is 1.80. The molecule has 24 heavy (non-hydrogen) atoms. The van der Waals surface area contributed by atoms with Crippen LogP contribution in [0.25, 0.3) is 0 Å². The number of hydrogen-bond donors (Lipinski definition) is 3. The lowest BCUT2D eigenvalue weighted by Crippen LogP contribution is -2.33. The largest absolute Gasteiger partial charge is 0.463 e. The van der Waals surface area contributed by atoms with Crippen molar-refractivity contribution in [1.82, 2.24) is 4.98 Å². The first-order valence-corrected chi connectivity index (χ1v) is 7.44. The van der Waals surface area contributed by atoms with Crippen molar-refractivity contribution in [3.8, 4) is 0 Å². The SMILES string of the molecule is CCOC(=O)C1=C(N)Nc2cc[nH]c(=O)c2C1c1ccccc1F. The van der Waals surface area contributed by atoms with Crippen LogP contribution in [0.4, 0.5) is 10.1 Å². The van der Waals surface area contributed by atoms with Crippen molar-refractivity contribution in [2.75, 3.05) is 11.9 Å². The Hall–Kier alpha value is -3.09. The van der Waals surface area contributed by atoms with Crippen molar-refractivity contribution in [3.63, 3.8) is 0 Å². The molecule has 0 saturated carbocycles. The van der Waals surface area contributed by atoms with Gasteiger partial charge in [0.25, 0.3) is 5.56 Å². The molecule has 124 valence electrons. The topological polar surface area (TPSA) is 97.2 Å². The molecule has 0 saturated heterocycles.